The Morgan fingerprint density at radius 3 is 3.25 bits per heavy atom. The molecule has 0 bridgehead atoms. The van der Waals surface area contributed by atoms with Gasteiger partial charge in [0, 0.05) is 19.2 Å². The summed E-state index contributed by atoms with van der Waals surface area (Å²) in [6.07, 6.45) is 3.68. The van der Waals surface area contributed by atoms with Gasteiger partial charge in [-0.2, -0.15) is 11.3 Å². The van der Waals surface area contributed by atoms with Crippen molar-refractivity contribution in [1.82, 2.24) is 5.32 Å². The number of hydrogen-bond donors (Lipinski definition) is 1. The normalized spacial score (nSPS) is 23.2. The lowest BCUT2D eigenvalue weighted by Gasteiger charge is -2.24. The number of thiophene rings is 1. The summed E-state index contributed by atoms with van der Waals surface area (Å²) in [5, 5.41) is 8.00. The zero-order valence-corrected chi connectivity index (χ0v) is 10.8. The number of rotatable bonds is 5. The lowest BCUT2D eigenvalue weighted by atomic mass is 10.0. The highest BCUT2D eigenvalue weighted by atomic mass is 32.1. The third-order valence-electron chi connectivity index (χ3n) is 3.13. The van der Waals surface area contributed by atoms with Crippen LogP contribution in [0.2, 0.25) is 0 Å². The molecule has 90 valence electrons. The maximum Gasteiger partial charge on any atom is 0.0506 e. The predicted octanol–water partition coefficient (Wildman–Crippen LogP) is 2.70. The van der Waals surface area contributed by atoms with Crippen LogP contribution in [0.5, 0.6) is 0 Å². The average Bonchev–Trinajstić information content (AvgIpc) is 2.81. The molecule has 1 aliphatic heterocycles. The number of nitrogens with one attached hydrogen (secondary N) is 1. The molecule has 1 N–H and O–H groups in total. The zero-order chi connectivity index (χ0) is 11.2. The maximum absolute atomic E-state index is 5.48. The van der Waals surface area contributed by atoms with Crippen molar-refractivity contribution >= 4 is 11.3 Å². The molecule has 0 aromatic carbocycles. The molecular formula is C13H21NOS. The Morgan fingerprint density at radius 1 is 1.62 bits per heavy atom. The van der Waals surface area contributed by atoms with E-state index in [4.69, 9.17) is 4.74 Å². The lowest BCUT2D eigenvalue weighted by molar-refractivity contribution is 0.0540. The first-order valence-corrected chi connectivity index (χ1v) is 7.11. The molecule has 2 rings (SSSR count). The minimum atomic E-state index is 0.566. The van der Waals surface area contributed by atoms with Crippen molar-refractivity contribution in [3.63, 3.8) is 0 Å². The Kier molecular flexibility index (Phi) is 4.82. The fourth-order valence-electron chi connectivity index (χ4n) is 2.17. The molecule has 1 saturated heterocycles. The second-order valence-corrected chi connectivity index (χ2v) is 5.51. The van der Waals surface area contributed by atoms with Gasteiger partial charge < -0.3 is 10.1 Å². The molecule has 0 aliphatic carbocycles. The predicted molar refractivity (Wildman–Crippen MR) is 69.0 cm³/mol. The molecule has 1 aromatic heterocycles. The topological polar surface area (TPSA) is 21.3 Å². The molecular weight excluding hydrogens is 218 g/mol. The Morgan fingerprint density at radius 2 is 2.56 bits per heavy atom. The molecule has 2 heterocycles. The van der Waals surface area contributed by atoms with Crippen molar-refractivity contribution in [2.45, 2.75) is 32.2 Å². The van der Waals surface area contributed by atoms with Crippen molar-refractivity contribution in [1.29, 1.82) is 0 Å². The van der Waals surface area contributed by atoms with Crippen LogP contribution in [0.3, 0.4) is 0 Å². The highest BCUT2D eigenvalue weighted by Gasteiger charge is 2.14. The van der Waals surface area contributed by atoms with E-state index in [1.54, 1.807) is 11.3 Å². The quantitative estimate of drug-likeness (QED) is 0.853. The van der Waals surface area contributed by atoms with Gasteiger partial charge >= 0.3 is 0 Å². The van der Waals surface area contributed by atoms with Gasteiger partial charge in [-0.1, -0.05) is 0 Å². The van der Waals surface area contributed by atoms with E-state index in [2.05, 4.69) is 29.1 Å². The first-order valence-electron chi connectivity index (χ1n) is 6.17. The van der Waals surface area contributed by atoms with Gasteiger partial charge in [-0.15, -0.1) is 0 Å². The van der Waals surface area contributed by atoms with Crippen molar-refractivity contribution in [2.75, 3.05) is 19.8 Å². The summed E-state index contributed by atoms with van der Waals surface area (Å²) in [4.78, 5) is 0. The van der Waals surface area contributed by atoms with Crippen molar-refractivity contribution in [3.05, 3.63) is 22.4 Å². The first-order chi connectivity index (χ1) is 7.84. The second-order valence-electron chi connectivity index (χ2n) is 4.73. The Bertz CT molecular complexity index is 280. The van der Waals surface area contributed by atoms with E-state index < -0.39 is 0 Å². The summed E-state index contributed by atoms with van der Waals surface area (Å²) >= 11 is 1.78. The minimum Gasteiger partial charge on any atom is -0.381 e. The summed E-state index contributed by atoms with van der Waals surface area (Å²) in [6, 6.07) is 2.78. The van der Waals surface area contributed by atoms with Crippen molar-refractivity contribution in [3.8, 4) is 0 Å². The largest absolute Gasteiger partial charge is 0.381 e. The number of hydrogen-bond acceptors (Lipinski definition) is 3. The standard InChI is InChI=1S/C13H21NOS/c1-11(7-12-4-6-16-10-12)14-8-13-3-2-5-15-9-13/h4,6,10-11,13-14H,2-3,5,7-9H2,1H3. The van der Waals surface area contributed by atoms with Crippen LogP contribution in [0.1, 0.15) is 25.3 Å². The SMILES string of the molecule is CC(Cc1ccsc1)NCC1CCCOC1. The summed E-state index contributed by atoms with van der Waals surface area (Å²) < 4.78 is 5.48. The Balaban J connectivity index is 1.65. The minimum absolute atomic E-state index is 0.566. The van der Waals surface area contributed by atoms with Gasteiger partial charge in [0.2, 0.25) is 0 Å². The molecule has 2 unspecified atom stereocenters. The number of ether oxygens (including phenoxy) is 1. The van der Waals surface area contributed by atoms with Crippen LogP contribution in [-0.4, -0.2) is 25.8 Å². The van der Waals surface area contributed by atoms with E-state index in [9.17, 15) is 0 Å². The van der Waals surface area contributed by atoms with Crippen LogP contribution in [0, 0.1) is 5.92 Å². The molecule has 0 saturated carbocycles. The van der Waals surface area contributed by atoms with Crippen LogP contribution in [-0.2, 0) is 11.2 Å². The molecule has 3 heteroatoms. The van der Waals surface area contributed by atoms with Gasteiger partial charge in [-0.05, 0) is 54.5 Å². The molecule has 1 fully saturated rings. The highest BCUT2D eigenvalue weighted by Crippen LogP contribution is 2.13. The third-order valence-corrected chi connectivity index (χ3v) is 3.86. The molecule has 0 radical (unpaired) electrons. The Hall–Kier alpha value is -0.380. The summed E-state index contributed by atoms with van der Waals surface area (Å²) in [6.45, 7) is 5.27. The van der Waals surface area contributed by atoms with E-state index >= 15 is 0 Å². The lowest BCUT2D eigenvalue weighted by Crippen LogP contribution is -2.35. The summed E-state index contributed by atoms with van der Waals surface area (Å²) in [5.41, 5.74) is 1.45. The van der Waals surface area contributed by atoms with Gasteiger partial charge in [-0.3, -0.25) is 0 Å². The monoisotopic (exact) mass is 239 g/mol. The molecule has 2 nitrogen and oxygen atoms in total. The van der Waals surface area contributed by atoms with Crippen LogP contribution in [0.25, 0.3) is 0 Å². The van der Waals surface area contributed by atoms with Crippen molar-refractivity contribution < 1.29 is 4.74 Å². The average molecular weight is 239 g/mol. The molecule has 0 spiro atoms. The third kappa shape index (κ3) is 3.89. The molecule has 0 amide bonds. The summed E-state index contributed by atoms with van der Waals surface area (Å²) in [5.74, 6) is 0.721. The molecule has 2 atom stereocenters. The van der Waals surface area contributed by atoms with Gasteiger partial charge in [-0.25, -0.2) is 0 Å². The summed E-state index contributed by atoms with van der Waals surface area (Å²) in [7, 11) is 0. The van der Waals surface area contributed by atoms with Crippen LogP contribution in [0.15, 0.2) is 16.8 Å². The van der Waals surface area contributed by atoms with E-state index in [1.807, 2.05) is 0 Å². The van der Waals surface area contributed by atoms with E-state index in [1.165, 1.54) is 18.4 Å². The van der Waals surface area contributed by atoms with E-state index in [0.29, 0.717) is 6.04 Å². The van der Waals surface area contributed by atoms with Gasteiger partial charge in [0.25, 0.3) is 0 Å². The van der Waals surface area contributed by atoms with Crippen LogP contribution >= 0.6 is 11.3 Å². The smallest absolute Gasteiger partial charge is 0.0506 e. The van der Waals surface area contributed by atoms with Gasteiger partial charge in [0.05, 0.1) is 6.61 Å². The Labute approximate surface area is 102 Å². The van der Waals surface area contributed by atoms with Crippen LogP contribution in [0.4, 0.5) is 0 Å². The zero-order valence-electron chi connectivity index (χ0n) is 9.95. The molecule has 1 aromatic rings. The first kappa shape index (κ1) is 12.1. The highest BCUT2D eigenvalue weighted by molar-refractivity contribution is 7.07. The molecule has 1 aliphatic rings. The maximum atomic E-state index is 5.48. The second kappa shape index (κ2) is 6.38. The molecule has 16 heavy (non-hydrogen) atoms. The van der Waals surface area contributed by atoms with Gasteiger partial charge in [0.1, 0.15) is 0 Å². The van der Waals surface area contributed by atoms with E-state index in [0.717, 1.165) is 32.1 Å². The van der Waals surface area contributed by atoms with Gasteiger partial charge in [0.15, 0.2) is 0 Å². The van der Waals surface area contributed by atoms with Crippen LogP contribution < -0.4 is 5.32 Å². The fraction of sp³-hybridized carbons (Fsp3) is 0.692. The fourth-order valence-corrected chi connectivity index (χ4v) is 2.85. The van der Waals surface area contributed by atoms with E-state index in [-0.39, 0.29) is 0 Å². The van der Waals surface area contributed by atoms with Crippen molar-refractivity contribution in [2.24, 2.45) is 5.92 Å².